The molecule has 0 spiro atoms. The van der Waals surface area contributed by atoms with Gasteiger partial charge in [0.05, 0.1) is 11.1 Å². The van der Waals surface area contributed by atoms with E-state index >= 15 is 0 Å². The third-order valence-electron chi connectivity index (χ3n) is 5.05. The fourth-order valence-corrected chi connectivity index (χ4v) is 4.41. The SMILES string of the molecule is CC(=O)c1ccc(NC(=O)CSc2c(CC(C)C)cnc3c2c(=O)n(C)c(=O)n3C)cc1. The van der Waals surface area contributed by atoms with Crippen LogP contribution in [0.5, 0.6) is 0 Å². The number of hydrogen-bond donors (Lipinski definition) is 1. The van der Waals surface area contributed by atoms with Crippen molar-refractivity contribution in [2.24, 2.45) is 20.0 Å². The number of carbonyl (C=O) groups is 2. The Morgan fingerprint density at radius 1 is 1.09 bits per heavy atom. The Labute approximate surface area is 189 Å². The van der Waals surface area contributed by atoms with Gasteiger partial charge in [0.1, 0.15) is 5.65 Å². The van der Waals surface area contributed by atoms with Crippen molar-refractivity contribution in [1.29, 1.82) is 0 Å². The molecule has 0 aliphatic heterocycles. The molecule has 168 valence electrons. The van der Waals surface area contributed by atoms with Gasteiger partial charge < -0.3 is 5.32 Å². The molecule has 0 aliphatic carbocycles. The molecular formula is C23H26N4O4S. The molecule has 0 atom stereocenters. The van der Waals surface area contributed by atoms with Gasteiger partial charge in [-0.15, -0.1) is 11.8 Å². The highest BCUT2D eigenvalue weighted by Crippen LogP contribution is 2.30. The van der Waals surface area contributed by atoms with Gasteiger partial charge in [0.15, 0.2) is 5.78 Å². The lowest BCUT2D eigenvalue weighted by Crippen LogP contribution is -2.37. The van der Waals surface area contributed by atoms with Crippen LogP contribution < -0.4 is 16.6 Å². The van der Waals surface area contributed by atoms with E-state index in [0.29, 0.717) is 39.5 Å². The molecule has 0 aliphatic rings. The highest BCUT2D eigenvalue weighted by Gasteiger charge is 2.19. The minimum atomic E-state index is -0.450. The largest absolute Gasteiger partial charge is 0.332 e. The van der Waals surface area contributed by atoms with Crippen molar-refractivity contribution in [1.82, 2.24) is 14.1 Å². The molecule has 32 heavy (non-hydrogen) atoms. The maximum absolute atomic E-state index is 13.0. The summed E-state index contributed by atoms with van der Waals surface area (Å²) in [5.74, 6) is 0.105. The van der Waals surface area contributed by atoms with Crippen LogP contribution in [0.1, 0.15) is 36.7 Å². The lowest BCUT2D eigenvalue weighted by molar-refractivity contribution is -0.113. The normalized spacial score (nSPS) is 11.2. The number of aryl methyl sites for hydroxylation is 1. The zero-order valence-electron chi connectivity index (χ0n) is 18.8. The second kappa shape index (κ2) is 9.52. The molecule has 2 heterocycles. The number of benzene rings is 1. The molecule has 3 aromatic rings. The first-order chi connectivity index (χ1) is 15.1. The number of ketones is 1. The van der Waals surface area contributed by atoms with Gasteiger partial charge in [-0.1, -0.05) is 13.8 Å². The number of fused-ring (bicyclic) bond motifs is 1. The van der Waals surface area contributed by atoms with E-state index in [1.165, 1.54) is 30.3 Å². The van der Waals surface area contributed by atoms with Crippen molar-refractivity contribution in [3.05, 3.63) is 62.4 Å². The number of rotatable bonds is 7. The summed E-state index contributed by atoms with van der Waals surface area (Å²) in [5.41, 5.74) is 1.44. The van der Waals surface area contributed by atoms with Crippen LogP contribution in [0, 0.1) is 5.92 Å². The van der Waals surface area contributed by atoms with Gasteiger partial charge in [0.25, 0.3) is 5.56 Å². The van der Waals surface area contributed by atoms with Crippen molar-refractivity contribution < 1.29 is 9.59 Å². The Bertz CT molecular complexity index is 1310. The van der Waals surface area contributed by atoms with Gasteiger partial charge in [0, 0.05) is 36.4 Å². The molecule has 0 bridgehead atoms. The number of anilines is 1. The summed E-state index contributed by atoms with van der Waals surface area (Å²) in [6.45, 7) is 5.61. The number of Topliss-reactive ketones (excluding diaryl/α,β-unsaturated/α-hetero) is 1. The van der Waals surface area contributed by atoms with E-state index in [0.717, 1.165) is 10.1 Å². The molecule has 0 radical (unpaired) electrons. The van der Waals surface area contributed by atoms with Crippen LogP contribution in [-0.4, -0.2) is 31.6 Å². The monoisotopic (exact) mass is 454 g/mol. The number of aromatic nitrogens is 3. The third-order valence-corrected chi connectivity index (χ3v) is 6.21. The minimum absolute atomic E-state index is 0.0448. The molecule has 0 fully saturated rings. The molecule has 0 unspecified atom stereocenters. The number of amides is 1. The zero-order chi connectivity index (χ0) is 23.6. The fraction of sp³-hybridized carbons (Fsp3) is 0.348. The number of hydrogen-bond acceptors (Lipinski definition) is 6. The van der Waals surface area contributed by atoms with Crippen LogP contribution in [0.3, 0.4) is 0 Å². The van der Waals surface area contributed by atoms with E-state index in [-0.39, 0.29) is 17.4 Å². The van der Waals surface area contributed by atoms with Crippen LogP contribution in [0.4, 0.5) is 5.69 Å². The Balaban J connectivity index is 1.94. The van der Waals surface area contributed by atoms with Crippen molar-refractivity contribution in [3.63, 3.8) is 0 Å². The first-order valence-electron chi connectivity index (χ1n) is 10.2. The quantitative estimate of drug-likeness (QED) is 0.435. The van der Waals surface area contributed by atoms with Crippen molar-refractivity contribution in [2.45, 2.75) is 32.1 Å². The van der Waals surface area contributed by atoms with Gasteiger partial charge in [-0.05, 0) is 49.1 Å². The lowest BCUT2D eigenvalue weighted by atomic mass is 10.0. The summed E-state index contributed by atoms with van der Waals surface area (Å²) >= 11 is 1.26. The Kier molecular flexibility index (Phi) is 6.98. The summed E-state index contributed by atoms with van der Waals surface area (Å²) in [5, 5.41) is 3.15. The molecule has 0 saturated heterocycles. The predicted molar refractivity (Wildman–Crippen MR) is 127 cm³/mol. The van der Waals surface area contributed by atoms with Gasteiger partial charge in [-0.3, -0.25) is 23.5 Å². The van der Waals surface area contributed by atoms with E-state index in [9.17, 15) is 19.2 Å². The molecule has 1 amide bonds. The molecule has 2 aromatic heterocycles. The summed E-state index contributed by atoms with van der Waals surface area (Å²) in [6, 6.07) is 6.67. The topological polar surface area (TPSA) is 103 Å². The Hall–Kier alpha value is -3.20. The molecule has 1 N–H and O–H groups in total. The van der Waals surface area contributed by atoms with E-state index in [2.05, 4.69) is 24.1 Å². The first kappa shape index (κ1) is 23.5. The molecule has 9 heteroatoms. The zero-order valence-corrected chi connectivity index (χ0v) is 19.6. The van der Waals surface area contributed by atoms with Crippen molar-refractivity contribution >= 4 is 40.2 Å². The summed E-state index contributed by atoms with van der Waals surface area (Å²) < 4.78 is 2.40. The first-order valence-corrected chi connectivity index (χ1v) is 11.2. The molecular weight excluding hydrogens is 428 g/mol. The summed E-state index contributed by atoms with van der Waals surface area (Å²) in [6.07, 6.45) is 2.37. The van der Waals surface area contributed by atoms with Gasteiger partial charge >= 0.3 is 5.69 Å². The number of thioether (sulfide) groups is 1. The van der Waals surface area contributed by atoms with Crippen LogP contribution >= 0.6 is 11.8 Å². The smallest absolute Gasteiger partial charge is 0.325 e. The maximum Gasteiger partial charge on any atom is 0.332 e. The van der Waals surface area contributed by atoms with Crippen LogP contribution in [0.2, 0.25) is 0 Å². The molecule has 0 saturated carbocycles. The number of pyridine rings is 1. The second-order valence-electron chi connectivity index (χ2n) is 8.09. The molecule has 8 nitrogen and oxygen atoms in total. The lowest BCUT2D eigenvalue weighted by Gasteiger charge is -2.15. The average Bonchev–Trinajstić information content (AvgIpc) is 2.75. The predicted octanol–water partition coefficient (Wildman–Crippen LogP) is 2.76. The minimum Gasteiger partial charge on any atom is -0.325 e. The molecule has 3 rings (SSSR count). The number of nitrogens with zero attached hydrogens (tertiary/aromatic N) is 3. The summed E-state index contributed by atoms with van der Waals surface area (Å²) in [4.78, 5) is 54.3. The fourth-order valence-electron chi connectivity index (χ4n) is 3.41. The van der Waals surface area contributed by atoms with Crippen LogP contribution in [0.15, 0.2) is 44.9 Å². The Morgan fingerprint density at radius 2 is 1.75 bits per heavy atom. The highest BCUT2D eigenvalue weighted by atomic mass is 32.2. The third kappa shape index (κ3) is 4.83. The van der Waals surface area contributed by atoms with Gasteiger partial charge in [0.2, 0.25) is 5.91 Å². The standard InChI is InChI=1S/C23H26N4O4S/c1-13(2)10-16-11-24-21-19(22(30)27(5)23(31)26(21)4)20(16)32-12-18(29)25-17-8-6-15(7-9-17)14(3)28/h6-9,11,13H,10,12H2,1-5H3,(H,25,29). The molecule has 1 aromatic carbocycles. The van der Waals surface area contributed by atoms with E-state index in [4.69, 9.17) is 0 Å². The average molecular weight is 455 g/mol. The number of carbonyl (C=O) groups excluding carboxylic acids is 2. The second-order valence-corrected chi connectivity index (χ2v) is 9.07. The van der Waals surface area contributed by atoms with Crippen molar-refractivity contribution in [3.8, 4) is 0 Å². The van der Waals surface area contributed by atoms with Crippen molar-refractivity contribution in [2.75, 3.05) is 11.1 Å². The van der Waals surface area contributed by atoms with E-state index in [1.807, 2.05) is 0 Å². The van der Waals surface area contributed by atoms with E-state index in [1.54, 1.807) is 37.5 Å². The van der Waals surface area contributed by atoms with Gasteiger partial charge in [-0.2, -0.15) is 0 Å². The van der Waals surface area contributed by atoms with Gasteiger partial charge in [-0.25, -0.2) is 9.78 Å². The maximum atomic E-state index is 13.0. The van der Waals surface area contributed by atoms with E-state index < -0.39 is 11.2 Å². The number of nitrogens with one attached hydrogen (secondary N) is 1. The highest BCUT2D eigenvalue weighted by molar-refractivity contribution is 8.00. The van der Waals surface area contributed by atoms with Crippen LogP contribution in [0.25, 0.3) is 11.0 Å². The van der Waals surface area contributed by atoms with Crippen LogP contribution in [-0.2, 0) is 25.3 Å². The summed E-state index contributed by atoms with van der Waals surface area (Å²) in [7, 11) is 3.01. The Morgan fingerprint density at radius 3 is 2.34 bits per heavy atom.